The van der Waals surface area contributed by atoms with E-state index in [1.807, 2.05) is 11.0 Å². The Morgan fingerprint density at radius 2 is 2.30 bits per heavy atom. The SMILES string of the molecule is CCc1nnc2n1CCN(C(=O)CCc1cccs1)C2. The number of carbonyl (C=O) groups excluding carboxylic acids is 1. The van der Waals surface area contributed by atoms with Crippen molar-refractivity contribution in [2.24, 2.45) is 0 Å². The molecule has 1 amide bonds. The van der Waals surface area contributed by atoms with E-state index in [0.29, 0.717) is 13.0 Å². The summed E-state index contributed by atoms with van der Waals surface area (Å²) in [6.07, 6.45) is 2.30. The average molecular weight is 290 g/mol. The summed E-state index contributed by atoms with van der Waals surface area (Å²) in [5.41, 5.74) is 0. The van der Waals surface area contributed by atoms with Crippen LogP contribution in [-0.2, 0) is 30.7 Å². The molecule has 0 unspecified atom stereocenters. The summed E-state index contributed by atoms with van der Waals surface area (Å²) in [6.45, 7) is 4.25. The van der Waals surface area contributed by atoms with E-state index >= 15 is 0 Å². The average Bonchev–Trinajstić information content (AvgIpc) is 3.13. The quantitative estimate of drug-likeness (QED) is 0.864. The predicted molar refractivity (Wildman–Crippen MR) is 77.5 cm³/mol. The number of amides is 1. The minimum Gasteiger partial charge on any atom is -0.333 e. The maximum atomic E-state index is 12.3. The zero-order chi connectivity index (χ0) is 13.9. The van der Waals surface area contributed by atoms with E-state index < -0.39 is 0 Å². The van der Waals surface area contributed by atoms with Gasteiger partial charge in [-0.1, -0.05) is 13.0 Å². The van der Waals surface area contributed by atoms with Crippen LogP contribution in [0.25, 0.3) is 0 Å². The Morgan fingerprint density at radius 1 is 1.40 bits per heavy atom. The van der Waals surface area contributed by atoms with Crippen LogP contribution < -0.4 is 0 Å². The Bertz CT molecular complexity index is 590. The van der Waals surface area contributed by atoms with Gasteiger partial charge in [-0.05, 0) is 17.9 Å². The van der Waals surface area contributed by atoms with Crippen molar-refractivity contribution in [3.63, 3.8) is 0 Å². The van der Waals surface area contributed by atoms with Gasteiger partial charge in [-0.3, -0.25) is 4.79 Å². The van der Waals surface area contributed by atoms with Gasteiger partial charge in [-0.15, -0.1) is 21.5 Å². The molecular formula is C14H18N4OS. The van der Waals surface area contributed by atoms with Gasteiger partial charge in [0.15, 0.2) is 5.82 Å². The summed E-state index contributed by atoms with van der Waals surface area (Å²) in [6, 6.07) is 4.11. The first-order chi connectivity index (χ1) is 9.78. The molecule has 0 spiro atoms. The standard InChI is InChI=1S/C14H18N4OS/c1-2-12-15-16-13-10-17(7-8-18(12)13)14(19)6-5-11-4-3-9-20-11/h3-4,9H,2,5-8,10H2,1H3. The maximum Gasteiger partial charge on any atom is 0.223 e. The first-order valence-electron chi connectivity index (χ1n) is 6.99. The molecule has 0 aromatic carbocycles. The summed E-state index contributed by atoms with van der Waals surface area (Å²) >= 11 is 1.71. The lowest BCUT2D eigenvalue weighted by atomic mass is 10.2. The first kappa shape index (κ1) is 13.3. The van der Waals surface area contributed by atoms with E-state index in [2.05, 4.69) is 33.1 Å². The number of carbonyl (C=O) groups is 1. The monoisotopic (exact) mass is 290 g/mol. The van der Waals surface area contributed by atoms with E-state index in [0.717, 1.165) is 37.6 Å². The summed E-state index contributed by atoms with van der Waals surface area (Å²) in [5.74, 6) is 2.15. The molecule has 3 rings (SSSR count). The normalized spacial score (nSPS) is 14.3. The number of hydrogen-bond acceptors (Lipinski definition) is 4. The molecular weight excluding hydrogens is 272 g/mol. The molecule has 106 valence electrons. The highest BCUT2D eigenvalue weighted by Crippen LogP contribution is 2.16. The fraction of sp³-hybridized carbons (Fsp3) is 0.500. The molecule has 0 fully saturated rings. The van der Waals surface area contributed by atoms with Gasteiger partial charge in [-0.25, -0.2) is 0 Å². The molecule has 1 aliphatic heterocycles. The summed E-state index contributed by atoms with van der Waals surface area (Å²) in [7, 11) is 0. The van der Waals surface area contributed by atoms with Crippen molar-refractivity contribution in [3.8, 4) is 0 Å². The molecule has 0 bridgehead atoms. The summed E-state index contributed by atoms with van der Waals surface area (Å²) < 4.78 is 2.14. The van der Waals surface area contributed by atoms with Gasteiger partial charge in [0.2, 0.25) is 5.91 Å². The highest BCUT2D eigenvalue weighted by atomic mass is 32.1. The molecule has 5 nitrogen and oxygen atoms in total. The molecule has 0 aliphatic carbocycles. The van der Waals surface area contributed by atoms with E-state index in [4.69, 9.17) is 0 Å². The molecule has 0 radical (unpaired) electrons. The summed E-state index contributed by atoms with van der Waals surface area (Å²) in [5, 5.41) is 10.4. The van der Waals surface area contributed by atoms with Crippen LogP contribution in [0, 0.1) is 0 Å². The second-order valence-corrected chi connectivity index (χ2v) is 5.96. The van der Waals surface area contributed by atoms with Crippen molar-refractivity contribution in [2.45, 2.75) is 39.3 Å². The number of rotatable bonds is 4. The number of aryl methyl sites for hydroxylation is 2. The second-order valence-electron chi connectivity index (χ2n) is 4.93. The Hall–Kier alpha value is -1.69. The number of nitrogens with zero attached hydrogens (tertiary/aromatic N) is 4. The van der Waals surface area contributed by atoms with Crippen molar-refractivity contribution in [1.82, 2.24) is 19.7 Å². The number of fused-ring (bicyclic) bond motifs is 1. The van der Waals surface area contributed by atoms with Crippen LogP contribution >= 0.6 is 11.3 Å². The first-order valence-corrected chi connectivity index (χ1v) is 7.87. The van der Waals surface area contributed by atoms with Crippen molar-refractivity contribution in [1.29, 1.82) is 0 Å². The molecule has 6 heteroatoms. The zero-order valence-corrected chi connectivity index (χ0v) is 12.4. The van der Waals surface area contributed by atoms with Crippen LogP contribution in [-0.4, -0.2) is 32.1 Å². The van der Waals surface area contributed by atoms with Gasteiger partial charge in [0.25, 0.3) is 0 Å². The van der Waals surface area contributed by atoms with E-state index in [1.165, 1.54) is 4.88 Å². The van der Waals surface area contributed by atoms with Gasteiger partial charge in [0.1, 0.15) is 5.82 Å². The van der Waals surface area contributed by atoms with Crippen LogP contribution in [0.4, 0.5) is 0 Å². The maximum absolute atomic E-state index is 12.3. The Kier molecular flexibility index (Phi) is 3.82. The van der Waals surface area contributed by atoms with Crippen molar-refractivity contribution >= 4 is 17.2 Å². The Balaban J connectivity index is 1.60. The topological polar surface area (TPSA) is 51.0 Å². The molecule has 2 aromatic heterocycles. The molecule has 0 atom stereocenters. The van der Waals surface area contributed by atoms with Crippen molar-refractivity contribution < 1.29 is 4.79 Å². The minimum atomic E-state index is 0.214. The predicted octanol–water partition coefficient (Wildman–Crippen LogP) is 1.88. The van der Waals surface area contributed by atoms with Gasteiger partial charge in [0.05, 0.1) is 6.54 Å². The number of hydrogen-bond donors (Lipinski definition) is 0. The van der Waals surface area contributed by atoms with Crippen molar-refractivity contribution in [2.75, 3.05) is 6.54 Å². The second kappa shape index (κ2) is 5.75. The number of thiophene rings is 1. The number of aromatic nitrogens is 3. The molecule has 0 N–H and O–H groups in total. The van der Waals surface area contributed by atoms with Crippen LogP contribution in [0.1, 0.15) is 29.9 Å². The molecule has 3 heterocycles. The van der Waals surface area contributed by atoms with E-state index in [9.17, 15) is 4.79 Å². The Morgan fingerprint density at radius 3 is 3.05 bits per heavy atom. The fourth-order valence-corrected chi connectivity index (χ4v) is 3.24. The van der Waals surface area contributed by atoms with E-state index in [-0.39, 0.29) is 5.91 Å². The molecule has 0 saturated heterocycles. The third kappa shape index (κ3) is 2.60. The third-order valence-corrected chi connectivity index (χ3v) is 4.60. The highest BCUT2D eigenvalue weighted by Gasteiger charge is 2.23. The minimum absolute atomic E-state index is 0.214. The molecule has 0 saturated carbocycles. The van der Waals surface area contributed by atoms with Gasteiger partial charge < -0.3 is 9.47 Å². The molecule has 2 aromatic rings. The van der Waals surface area contributed by atoms with Crippen LogP contribution in [0.2, 0.25) is 0 Å². The third-order valence-electron chi connectivity index (χ3n) is 3.66. The van der Waals surface area contributed by atoms with Crippen LogP contribution in [0.3, 0.4) is 0 Å². The highest BCUT2D eigenvalue weighted by molar-refractivity contribution is 7.09. The van der Waals surface area contributed by atoms with E-state index in [1.54, 1.807) is 11.3 Å². The molecule has 20 heavy (non-hydrogen) atoms. The summed E-state index contributed by atoms with van der Waals surface area (Å²) in [4.78, 5) is 15.4. The smallest absolute Gasteiger partial charge is 0.223 e. The lowest BCUT2D eigenvalue weighted by Crippen LogP contribution is -2.38. The van der Waals surface area contributed by atoms with Crippen LogP contribution in [0.5, 0.6) is 0 Å². The van der Waals surface area contributed by atoms with Crippen molar-refractivity contribution in [3.05, 3.63) is 34.0 Å². The lowest BCUT2D eigenvalue weighted by Gasteiger charge is -2.27. The van der Waals surface area contributed by atoms with Gasteiger partial charge in [-0.2, -0.15) is 0 Å². The van der Waals surface area contributed by atoms with Gasteiger partial charge in [0, 0.05) is 30.8 Å². The largest absolute Gasteiger partial charge is 0.333 e. The zero-order valence-electron chi connectivity index (χ0n) is 11.6. The molecule has 1 aliphatic rings. The lowest BCUT2D eigenvalue weighted by molar-refractivity contribution is -0.132. The Labute approximate surface area is 122 Å². The fourth-order valence-electron chi connectivity index (χ4n) is 2.54. The van der Waals surface area contributed by atoms with Crippen LogP contribution in [0.15, 0.2) is 17.5 Å². The van der Waals surface area contributed by atoms with Gasteiger partial charge >= 0.3 is 0 Å².